The zero-order valence-corrected chi connectivity index (χ0v) is 7.50. The molecule has 1 saturated heterocycles. The Hall–Kier alpha value is -0.680. The summed E-state index contributed by atoms with van der Waals surface area (Å²) in [4.78, 5) is 2.09. The summed E-state index contributed by atoms with van der Waals surface area (Å²) in [7, 11) is 0. The van der Waals surface area contributed by atoms with Crippen LogP contribution in [0, 0.1) is 0 Å². The van der Waals surface area contributed by atoms with Gasteiger partial charge in [0.2, 0.25) is 5.13 Å². The Balaban J connectivity index is 2.04. The van der Waals surface area contributed by atoms with Crippen LogP contribution < -0.4 is 4.90 Å². The van der Waals surface area contributed by atoms with Gasteiger partial charge in [-0.25, -0.2) is 0 Å². The second-order valence-electron chi connectivity index (χ2n) is 2.96. The molecule has 1 aromatic heterocycles. The molecule has 1 aromatic rings. The van der Waals surface area contributed by atoms with Crippen molar-refractivity contribution in [3.8, 4) is 0 Å². The average molecular weight is 185 g/mol. The lowest BCUT2D eigenvalue weighted by molar-refractivity contribution is 0.154. The third kappa shape index (κ3) is 1.56. The van der Waals surface area contributed by atoms with Gasteiger partial charge in [0.05, 0.1) is 6.10 Å². The van der Waals surface area contributed by atoms with E-state index in [4.69, 9.17) is 0 Å². The first kappa shape index (κ1) is 7.94. The number of aliphatic hydroxyl groups excluding tert-OH is 1. The lowest BCUT2D eigenvalue weighted by atomic mass is 10.1. The van der Waals surface area contributed by atoms with Crippen LogP contribution in [-0.2, 0) is 0 Å². The highest BCUT2D eigenvalue weighted by atomic mass is 32.1. The molecule has 2 heterocycles. The fourth-order valence-electron chi connectivity index (χ4n) is 1.43. The molecular weight excluding hydrogens is 174 g/mol. The predicted molar refractivity (Wildman–Crippen MR) is 47.4 cm³/mol. The van der Waals surface area contributed by atoms with Gasteiger partial charge in [-0.15, -0.1) is 10.2 Å². The monoisotopic (exact) mass is 185 g/mol. The molecule has 4 nitrogen and oxygen atoms in total. The van der Waals surface area contributed by atoms with Crippen LogP contribution in [0.1, 0.15) is 12.8 Å². The Morgan fingerprint density at radius 3 is 3.25 bits per heavy atom. The van der Waals surface area contributed by atoms with Crippen molar-refractivity contribution >= 4 is 16.5 Å². The van der Waals surface area contributed by atoms with Crippen LogP contribution in [0.5, 0.6) is 0 Å². The van der Waals surface area contributed by atoms with E-state index in [1.807, 2.05) is 0 Å². The third-order valence-electron chi connectivity index (χ3n) is 2.02. The number of piperidine rings is 1. The van der Waals surface area contributed by atoms with E-state index >= 15 is 0 Å². The van der Waals surface area contributed by atoms with E-state index in [-0.39, 0.29) is 6.10 Å². The Kier molecular flexibility index (Phi) is 2.23. The predicted octanol–water partition coefficient (Wildman–Crippen LogP) is 0.499. The maximum atomic E-state index is 9.39. The number of rotatable bonds is 1. The van der Waals surface area contributed by atoms with Gasteiger partial charge in [0, 0.05) is 13.1 Å². The van der Waals surface area contributed by atoms with Crippen LogP contribution in [0.4, 0.5) is 5.13 Å². The molecule has 1 aliphatic heterocycles. The summed E-state index contributed by atoms with van der Waals surface area (Å²) >= 11 is 1.52. The minimum absolute atomic E-state index is 0.192. The number of β-amino-alcohol motifs (C(OH)–C–C–N with tert-alkyl or cyclic N) is 1. The maximum Gasteiger partial charge on any atom is 0.208 e. The molecule has 0 bridgehead atoms. The molecule has 1 fully saturated rings. The van der Waals surface area contributed by atoms with Crippen LogP contribution in [-0.4, -0.2) is 34.5 Å². The summed E-state index contributed by atoms with van der Waals surface area (Å²) in [6, 6.07) is 0. The standard InChI is InChI=1S/C7H11N3OS/c11-6-2-1-3-10(4-6)7-9-8-5-12-7/h5-6,11H,1-4H2. The van der Waals surface area contributed by atoms with Crippen molar-refractivity contribution in [3.63, 3.8) is 0 Å². The summed E-state index contributed by atoms with van der Waals surface area (Å²) in [6.45, 7) is 1.70. The van der Waals surface area contributed by atoms with E-state index in [0.29, 0.717) is 6.54 Å². The van der Waals surface area contributed by atoms with Gasteiger partial charge in [-0.05, 0) is 12.8 Å². The van der Waals surface area contributed by atoms with Gasteiger partial charge in [-0.3, -0.25) is 0 Å². The molecule has 0 aliphatic carbocycles. The van der Waals surface area contributed by atoms with E-state index in [9.17, 15) is 5.11 Å². The lowest BCUT2D eigenvalue weighted by Gasteiger charge is -2.29. The molecule has 0 spiro atoms. The number of aliphatic hydroxyl groups is 1. The highest BCUT2D eigenvalue weighted by Crippen LogP contribution is 2.20. The van der Waals surface area contributed by atoms with Gasteiger partial charge in [0.25, 0.3) is 0 Å². The second kappa shape index (κ2) is 3.37. The first-order chi connectivity index (χ1) is 5.86. The smallest absolute Gasteiger partial charge is 0.208 e. The minimum Gasteiger partial charge on any atom is -0.391 e. The summed E-state index contributed by atoms with van der Waals surface area (Å²) in [5.41, 5.74) is 1.72. The fraction of sp³-hybridized carbons (Fsp3) is 0.714. The zero-order valence-electron chi connectivity index (χ0n) is 6.68. The highest BCUT2D eigenvalue weighted by Gasteiger charge is 2.19. The summed E-state index contributed by atoms with van der Waals surface area (Å²) in [5, 5.41) is 18.0. The Morgan fingerprint density at radius 1 is 1.67 bits per heavy atom. The Morgan fingerprint density at radius 2 is 2.58 bits per heavy atom. The normalized spacial score (nSPS) is 24.4. The van der Waals surface area contributed by atoms with Crippen molar-refractivity contribution < 1.29 is 5.11 Å². The zero-order chi connectivity index (χ0) is 8.39. The molecule has 5 heteroatoms. The summed E-state index contributed by atoms with van der Waals surface area (Å²) in [6.07, 6.45) is 1.76. The molecule has 1 N–H and O–H groups in total. The minimum atomic E-state index is -0.192. The first-order valence-corrected chi connectivity index (χ1v) is 4.93. The van der Waals surface area contributed by atoms with Gasteiger partial charge in [-0.2, -0.15) is 0 Å². The Labute approximate surface area is 74.9 Å². The molecule has 0 aromatic carbocycles. The van der Waals surface area contributed by atoms with Gasteiger partial charge in [0.1, 0.15) is 5.51 Å². The Bertz CT molecular complexity index is 239. The molecule has 0 radical (unpaired) electrons. The van der Waals surface area contributed by atoms with Crippen molar-refractivity contribution in [1.29, 1.82) is 0 Å². The van der Waals surface area contributed by atoms with Crippen molar-refractivity contribution in [3.05, 3.63) is 5.51 Å². The maximum absolute atomic E-state index is 9.39. The second-order valence-corrected chi connectivity index (χ2v) is 3.78. The SMILES string of the molecule is OC1CCCN(c2nncs2)C1. The lowest BCUT2D eigenvalue weighted by Crippen LogP contribution is -2.38. The number of anilines is 1. The van der Waals surface area contributed by atoms with Crippen LogP contribution in [0.25, 0.3) is 0 Å². The molecule has 66 valence electrons. The third-order valence-corrected chi connectivity index (χ3v) is 2.77. The average Bonchev–Trinajstić information content (AvgIpc) is 2.56. The molecule has 1 unspecified atom stereocenters. The molecule has 1 atom stereocenters. The van der Waals surface area contributed by atoms with Gasteiger partial charge >= 0.3 is 0 Å². The summed E-state index contributed by atoms with van der Waals surface area (Å²) in [5.74, 6) is 0. The molecule has 12 heavy (non-hydrogen) atoms. The van der Waals surface area contributed by atoms with Crippen molar-refractivity contribution in [1.82, 2.24) is 10.2 Å². The van der Waals surface area contributed by atoms with Crippen molar-refractivity contribution in [2.24, 2.45) is 0 Å². The summed E-state index contributed by atoms with van der Waals surface area (Å²) < 4.78 is 0. The topological polar surface area (TPSA) is 49.2 Å². The van der Waals surface area contributed by atoms with Gasteiger partial charge in [0.15, 0.2) is 0 Å². The van der Waals surface area contributed by atoms with Crippen LogP contribution in [0.2, 0.25) is 0 Å². The van der Waals surface area contributed by atoms with E-state index in [1.54, 1.807) is 5.51 Å². The van der Waals surface area contributed by atoms with Gasteiger partial charge < -0.3 is 10.0 Å². The van der Waals surface area contributed by atoms with E-state index < -0.39 is 0 Å². The van der Waals surface area contributed by atoms with E-state index in [0.717, 1.165) is 24.5 Å². The fourth-order valence-corrected chi connectivity index (χ4v) is 2.03. The van der Waals surface area contributed by atoms with E-state index in [2.05, 4.69) is 15.1 Å². The van der Waals surface area contributed by atoms with Crippen molar-refractivity contribution in [2.75, 3.05) is 18.0 Å². The molecular formula is C7H11N3OS. The number of nitrogens with zero attached hydrogens (tertiary/aromatic N) is 3. The van der Waals surface area contributed by atoms with Crippen LogP contribution in [0.3, 0.4) is 0 Å². The van der Waals surface area contributed by atoms with Crippen LogP contribution in [0.15, 0.2) is 5.51 Å². The highest BCUT2D eigenvalue weighted by molar-refractivity contribution is 7.13. The number of hydrogen-bond acceptors (Lipinski definition) is 5. The largest absolute Gasteiger partial charge is 0.391 e. The van der Waals surface area contributed by atoms with Crippen molar-refractivity contribution in [2.45, 2.75) is 18.9 Å². The van der Waals surface area contributed by atoms with Gasteiger partial charge in [-0.1, -0.05) is 11.3 Å². The van der Waals surface area contributed by atoms with Crippen LogP contribution >= 0.6 is 11.3 Å². The molecule has 2 rings (SSSR count). The van der Waals surface area contributed by atoms with E-state index in [1.165, 1.54) is 11.3 Å². The number of hydrogen-bond donors (Lipinski definition) is 1. The first-order valence-electron chi connectivity index (χ1n) is 4.05. The number of aromatic nitrogens is 2. The molecule has 0 amide bonds. The molecule has 0 saturated carbocycles. The quantitative estimate of drug-likeness (QED) is 0.692. The molecule has 1 aliphatic rings.